The van der Waals surface area contributed by atoms with Gasteiger partial charge in [-0.15, -0.1) is 0 Å². The summed E-state index contributed by atoms with van der Waals surface area (Å²) in [4.78, 5) is 11.9. The van der Waals surface area contributed by atoms with Crippen molar-refractivity contribution in [1.82, 2.24) is 4.72 Å². The highest BCUT2D eigenvalue weighted by molar-refractivity contribution is 7.83. The molecule has 2 unspecified atom stereocenters. The summed E-state index contributed by atoms with van der Waals surface area (Å²) in [5, 5.41) is 12.7. The molecule has 1 heterocycles. The van der Waals surface area contributed by atoms with Crippen LogP contribution < -0.4 is 10.0 Å². The predicted octanol–water partition coefficient (Wildman–Crippen LogP) is 3.36. The third kappa shape index (κ3) is 3.45. The fraction of sp³-hybridized carbons (Fsp3) is 0.316. The van der Waals surface area contributed by atoms with Gasteiger partial charge in [0.05, 0.1) is 16.5 Å². The lowest BCUT2D eigenvalue weighted by Gasteiger charge is -2.41. The molecule has 1 aliphatic rings. The first-order valence-corrected chi connectivity index (χ1v) is 9.29. The van der Waals surface area contributed by atoms with E-state index in [1.165, 1.54) is 0 Å². The Morgan fingerprint density at radius 1 is 1.28 bits per heavy atom. The van der Waals surface area contributed by atoms with E-state index in [0.717, 1.165) is 28.1 Å². The van der Waals surface area contributed by atoms with Crippen LogP contribution in [0.5, 0.6) is 0 Å². The Bertz CT molecular complexity index is 848. The van der Waals surface area contributed by atoms with Crippen LogP contribution in [0, 0.1) is 5.41 Å². The van der Waals surface area contributed by atoms with Crippen molar-refractivity contribution < 1.29 is 14.1 Å². The molecule has 5 nitrogen and oxygen atoms in total. The minimum absolute atomic E-state index is 0.0458. The second-order valence-corrected chi connectivity index (χ2v) is 8.38. The smallest absolute Gasteiger partial charge is 0.335 e. The van der Waals surface area contributed by atoms with E-state index in [-0.39, 0.29) is 11.5 Å². The first-order valence-electron chi connectivity index (χ1n) is 8.14. The summed E-state index contributed by atoms with van der Waals surface area (Å²) in [5.41, 5.74) is 3.22. The largest absolute Gasteiger partial charge is 0.478 e. The molecule has 25 heavy (non-hydrogen) atoms. The van der Waals surface area contributed by atoms with Crippen molar-refractivity contribution in [2.24, 2.45) is 5.41 Å². The third-order valence-electron chi connectivity index (χ3n) is 4.67. The van der Waals surface area contributed by atoms with E-state index in [0.29, 0.717) is 5.56 Å². The average molecular weight is 358 g/mol. The highest BCUT2D eigenvalue weighted by Crippen LogP contribution is 2.45. The van der Waals surface area contributed by atoms with E-state index in [1.54, 1.807) is 19.2 Å². The molecule has 0 saturated carbocycles. The zero-order valence-electron chi connectivity index (χ0n) is 14.5. The van der Waals surface area contributed by atoms with Gasteiger partial charge in [-0.2, -0.15) is 0 Å². The van der Waals surface area contributed by atoms with Crippen LogP contribution >= 0.6 is 0 Å². The van der Waals surface area contributed by atoms with Crippen LogP contribution in [-0.2, 0) is 17.4 Å². The molecule has 0 aliphatic carbocycles. The molecular weight excluding hydrogens is 336 g/mol. The summed E-state index contributed by atoms with van der Waals surface area (Å²) in [6.07, 6.45) is 0.764. The predicted molar refractivity (Wildman–Crippen MR) is 99.2 cm³/mol. The monoisotopic (exact) mass is 358 g/mol. The number of carboxylic acids is 1. The molecule has 2 atom stereocenters. The number of fused-ring (bicyclic) bond motifs is 1. The van der Waals surface area contributed by atoms with Crippen LogP contribution in [0.1, 0.15) is 41.4 Å². The fourth-order valence-electron chi connectivity index (χ4n) is 3.42. The van der Waals surface area contributed by atoms with Gasteiger partial charge in [-0.05, 0) is 60.3 Å². The van der Waals surface area contributed by atoms with Gasteiger partial charge in [0.2, 0.25) is 0 Å². The molecule has 3 N–H and O–H groups in total. The number of carbonyl (C=O) groups is 1. The lowest BCUT2D eigenvalue weighted by Crippen LogP contribution is -2.35. The number of aromatic carboxylic acids is 1. The summed E-state index contributed by atoms with van der Waals surface area (Å²) in [6, 6.07) is 13.0. The summed E-state index contributed by atoms with van der Waals surface area (Å²) in [6.45, 7) is 4.31. The van der Waals surface area contributed by atoms with Gasteiger partial charge in [0.15, 0.2) is 0 Å². The third-order valence-corrected chi connectivity index (χ3v) is 5.72. The Balaban J connectivity index is 1.98. The number of nitrogens with one attached hydrogen (secondary N) is 2. The quantitative estimate of drug-likeness (QED) is 0.783. The number of hydrogen-bond acceptors (Lipinski definition) is 3. The maximum Gasteiger partial charge on any atom is 0.335 e. The van der Waals surface area contributed by atoms with Gasteiger partial charge in [-0.1, -0.05) is 26.0 Å². The van der Waals surface area contributed by atoms with E-state index < -0.39 is 17.0 Å². The fourth-order valence-corrected chi connectivity index (χ4v) is 4.10. The van der Waals surface area contributed by atoms with Crippen molar-refractivity contribution in [3.05, 3.63) is 59.2 Å². The van der Waals surface area contributed by atoms with Gasteiger partial charge in [0, 0.05) is 5.69 Å². The molecule has 0 amide bonds. The van der Waals surface area contributed by atoms with Crippen LogP contribution in [-0.4, -0.2) is 22.3 Å². The molecule has 0 saturated heterocycles. The first-order chi connectivity index (χ1) is 11.8. The van der Waals surface area contributed by atoms with Gasteiger partial charge in [0.1, 0.15) is 11.0 Å². The van der Waals surface area contributed by atoms with Crippen molar-refractivity contribution in [1.29, 1.82) is 0 Å². The summed E-state index contributed by atoms with van der Waals surface area (Å²) < 4.78 is 14.8. The van der Waals surface area contributed by atoms with Crippen molar-refractivity contribution in [2.75, 3.05) is 12.4 Å². The normalized spacial score (nSPS) is 19.6. The van der Waals surface area contributed by atoms with Crippen LogP contribution in [0.15, 0.2) is 47.4 Å². The maximum absolute atomic E-state index is 12.0. The second kappa shape index (κ2) is 6.61. The average Bonchev–Trinajstić information content (AvgIpc) is 2.59. The maximum atomic E-state index is 12.0. The molecule has 1 aliphatic heterocycles. The molecule has 3 rings (SSSR count). The summed E-state index contributed by atoms with van der Waals surface area (Å²) >= 11 is 0. The molecule has 0 aromatic heterocycles. The Hall–Kier alpha value is -2.18. The Morgan fingerprint density at radius 3 is 2.72 bits per heavy atom. The molecule has 0 fully saturated rings. The van der Waals surface area contributed by atoms with Crippen molar-refractivity contribution in [3.8, 4) is 0 Å². The van der Waals surface area contributed by atoms with Crippen molar-refractivity contribution in [3.63, 3.8) is 0 Å². The second-order valence-electron chi connectivity index (χ2n) is 6.97. The molecule has 2 aromatic carbocycles. The zero-order chi connectivity index (χ0) is 18.2. The SMILES string of the molecule is CNS(=O)c1cccc(C2Nc3ccc(C(=O)O)cc3CC2(C)C)c1. The number of anilines is 1. The molecular formula is C19H22N2O3S. The molecule has 132 valence electrons. The number of hydrogen-bond donors (Lipinski definition) is 3. The molecule has 0 radical (unpaired) electrons. The van der Waals surface area contributed by atoms with Gasteiger partial charge < -0.3 is 10.4 Å². The highest BCUT2D eigenvalue weighted by atomic mass is 32.2. The Labute approximate surface area is 150 Å². The van der Waals surface area contributed by atoms with Gasteiger partial charge in [-0.25, -0.2) is 13.7 Å². The zero-order valence-corrected chi connectivity index (χ0v) is 15.3. The molecule has 0 spiro atoms. The molecule has 0 bridgehead atoms. The molecule has 2 aromatic rings. The summed E-state index contributed by atoms with van der Waals surface area (Å²) in [5.74, 6) is -0.912. The van der Waals surface area contributed by atoms with Crippen molar-refractivity contribution in [2.45, 2.75) is 31.2 Å². The highest BCUT2D eigenvalue weighted by Gasteiger charge is 2.36. The van der Waals surface area contributed by atoms with Crippen LogP contribution in [0.2, 0.25) is 0 Å². The first kappa shape index (κ1) is 17.6. The minimum Gasteiger partial charge on any atom is -0.478 e. The van der Waals surface area contributed by atoms with Gasteiger partial charge >= 0.3 is 5.97 Å². The van der Waals surface area contributed by atoms with E-state index >= 15 is 0 Å². The van der Waals surface area contributed by atoms with Crippen LogP contribution in [0.4, 0.5) is 5.69 Å². The minimum atomic E-state index is -1.23. The van der Waals surface area contributed by atoms with Gasteiger partial charge in [-0.3, -0.25) is 0 Å². The van der Waals surface area contributed by atoms with E-state index in [1.807, 2.05) is 30.3 Å². The Morgan fingerprint density at radius 2 is 2.04 bits per heavy atom. The van der Waals surface area contributed by atoms with Crippen LogP contribution in [0.3, 0.4) is 0 Å². The van der Waals surface area contributed by atoms with E-state index in [9.17, 15) is 14.1 Å². The van der Waals surface area contributed by atoms with Crippen LogP contribution in [0.25, 0.3) is 0 Å². The van der Waals surface area contributed by atoms with E-state index in [2.05, 4.69) is 23.9 Å². The number of rotatable bonds is 4. The Kier molecular flexibility index (Phi) is 4.67. The van der Waals surface area contributed by atoms with Crippen molar-refractivity contribution >= 4 is 22.6 Å². The topological polar surface area (TPSA) is 78.4 Å². The standard InChI is InChI=1S/C19H22N2O3S/c1-19(2)11-14-9-13(18(22)23)7-8-16(14)21-17(19)12-5-4-6-15(10-12)25(24)20-3/h4-10,17,20-21H,11H2,1-3H3,(H,22,23). The lowest BCUT2D eigenvalue weighted by molar-refractivity contribution is 0.0696. The van der Waals surface area contributed by atoms with E-state index in [4.69, 9.17) is 0 Å². The van der Waals surface area contributed by atoms with Gasteiger partial charge in [0.25, 0.3) is 0 Å². The summed E-state index contributed by atoms with van der Waals surface area (Å²) in [7, 11) is 0.442. The number of benzene rings is 2. The lowest BCUT2D eigenvalue weighted by atomic mass is 9.73. The number of carboxylic acid groups (broad SMARTS) is 1. The molecule has 6 heteroatoms.